The maximum atomic E-state index is 13.9. The van der Waals surface area contributed by atoms with Crippen LogP contribution in [0.2, 0.25) is 0 Å². The molecule has 6 rings (SSSR count). The Morgan fingerprint density at radius 2 is 1.62 bits per heavy atom. The minimum Gasteiger partial charge on any atom is -0.493 e. The zero-order chi connectivity index (χ0) is 26.8. The third-order valence-electron chi connectivity index (χ3n) is 8.83. The molecule has 0 N–H and O–H groups in total. The summed E-state index contributed by atoms with van der Waals surface area (Å²) < 4.78 is 48.1. The van der Waals surface area contributed by atoms with E-state index in [9.17, 15) is 13.2 Å². The fourth-order valence-electron chi connectivity index (χ4n) is 7.01. The van der Waals surface area contributed by atoms with Gasteiger partial charge in [-0.05, 0) is 77.5 Å². The van der Waals surface area contributed by atoms with Crippen molar-refractivity contribution in [1.29, 1.82) is 0 Å². The number of benzene rings is 3. The Balaban J connectivity index is 1.36. The van der Waals surface area contributed by atoms with Crippen LogP contribution in [0, 0.1) is 17.8 Å². The Kier molecular flexibility index (Phi) is 7.33. The summed E-state index contributed by atoms with van der Waals surface area (Å²) in [6.45, 7) is 0.705. The van der Waals surface area contributed by atoms with Crippen LogP contribution in [0.1, 0.15) is 61.6 Å². The third kappa shape index (κ3) is 5.54. The molecule has 2 saturated carbocycles. The standard InChI is InChI=1S/C34H34F3NO/c35-34(36,37)31-18-8-17-30-32(27(21-38-33(30)31)19-23-9-2-1-3-10-23)25-13-7-15-28(20-25)39-22-26-14-6-12-24-11-4-5-16-29(24)26/h1-3,7-10,13,15,17-18,20-21,24,26,29H,4-6,11-12,14,16,19,22H2. The first kappa shape index (κ1) is 25.9. The largest absolute Gasteiger partial charge is 0.493 e. The van der Waals surface area contributed by atoms with E-state index in [-0.39, 0.29) is 5.52 Å². The lowest BCUT2D eigenvalue weighted by molar-refractivity contribution is -0.136. The summed E-state index contributed by atoms with van der Waals surface area (Å²) >= 11 is 0. The van der Waals surface area contributed by atoms with E-state index in [0.29, 0.717) is 24.3 Å². The summed E-state index contributed by atoms with van der Waals surface area (Å²) in [5.41, 5.74) is 2.88. The highest BCUT2D eigenvalue weighted by atomic mass is 19.4. The first-order chi connectivity index (χ1) is 19.0. The van der Waals surface area contributed by atoms with Crippen molar-refractivity contribution in [3.63, 3.8) is 0 Å². The number of rotatable bonds is 6. The minimum absolute atomic E-state index is 0.0197. The van der Waals surface area contributed by atoms with E-state index in [4.69, 9.17) is 4.74 Å². The molecule has 2 aliphatic carbocycles. The zero-order valence-corrected chi connectivity index (χ0v) is 22.1. The van der Waals surface area contributed by atoms with Crippen LogP contribution in [0.15, 0.2) is 79.0 Å². The Bertz CT molecular complexity index is 1430. The van der Waals surface area contributed by atoms with Crippen molar-refractivity contribution in [2.24, 2.45) is 17.8 Å². The van der Waals surface area contributed by atoms with E-state index < -0.39 is 11.7 Å². The third-order valence-corrected chi connectivity index (χ3v) is 8.83. The first-order valence-corrected chi connectivity index (χ1v) is 14.2. The highest BCUT2D eigenvalue weighted by molar-refractivity contribution is 5.98. The van der Waals surface area contributed by atoms with Crippen LogP contribution < -0.4 is 4.74 Å². The number of pyridine rings is 1. The number of nitrogens with zero attached hydrogens (tertiary/aromatic N) is 1. The van der Waals surface area contributed by atoms with Crippen molar-refractivity contribution in [3.8, 4) is 16.9 Å². The van der Waals surface area contributed by atoms with Crippen LogP contribution in [0.3, 0.4) is 0 Å². The highest BCUT2D eigenvalue weighted by Gasteiger charge is 2.35. The summed E-state index contributed by atoms with van der Waals surface area (Å²) in [5.74, 6) is 2.96. The van der Waals surface area contributed by atoms with Crippen molar-refractivity contribution in [2.45, 2.75) is 57.5 Å². The molecule has 3 aromatic carbocycles. The normalized spacial score (nSPS) is 21.5. The van der Waals surface area contributed by atoms with Gasteiger partial charge in [-0.15, -0.1) is 0 Å². The number of fused-ring (bicyclic) bond motifs is 2. The van der Waals surface area contributed by atoms with Crippen molar-refractivity contribution in [3.05, 3.63) is 95.7 Å². The monoisotopic (exact) mass is 529 g/mol. The molecule has 202 valence electrons. The fourth-order valence-corrected chi connectivity index (χ4v) is 7.01. The predicted octanol–water partition coefficient (Wildman–Crippen LogP) is 9.50. The SMILES string of the molecule is FC(F)(F)c1cccc2c(-c3cccc(OCC4CCCC5CCCCC54)c3)c(Cc3ccccc3)cnc12. The lowest BCUT2D eigenvalue weighted by atomic mass is 9.66. The quantitative estimate of drug-likeness (QED) is 0.248. The van der Waals surface area contributed by atoms with Crippen LogP contribution >= 0.6 is 0 Å². The summed E-state index contributed by atoms with van der Waals surface area (Å²) in [7, 11) is 0. The van der Waals surface area contributed by atoms with E-state index in [2.05, 4.69) is 4.98 Å². The number of hydrogen-bond acceptors (Lipinski definition) is 2. The summed E-state index contributed by atoms with van der Waals surface area (Å²) in [6.07, 6.45) is 6.92. The molecule has 0 saturated heterocycles. The molecule has 0 amide bonds. The van der Waals surface area contributed by atoms with E-state index >= 15 is 0 Å². The topological polar surface area (TPSA) is 22.1 Å². The van der Waals surface area contributed by atoms with Crippen LogP contribution in [-0.2, 0) is 12.6 Å². The molecule has 3 unspecified atom stereocenters. The van der Waals surface area contributed by atoms with Gasteiger partial charge in [-0.1, -0.05) is 86.7 Å². The lowest BCUT2D eigenvalue weighted by Gasteiger charge is -2.41. The predicted molar refractivity (Wildman–Crippen MR) is 150 cm³/mol. The van der Waals surface area contributed by atoms with E-state index in [0.717, 1.165) is 45.9 Å². The second kappa shape index (κ2) is 11.0. The van der Waals surface area contributed by atoms with Crippen molar-refractivity contribution in [1.82, 2.24) is 4.98 Å². The van der Waals surface area contributed by atoms with E-state index in [1.54, 1.807) is 12.3 Å². The number of ether oxygens (including phenoxy) is 1. The average Bonchev–Trinajstić information content (AvgIpc) is 2.96. The number of halogens is 3. The molecule has 2 aliphatic rings. The van der Waals surface area contributed by atoms with Gasteiger partial charge in [0.2, 0.25) is 0 Å². The maximum Gasteiger partial charge on any atom is 0.418 e. The van der Waals surface area contributed by atoms with Gasteiger partial charge in [0.05, 0.1) is 17.7 Å². The van der Waals surface area contributed by atoms with Crippen LogP contribution in [-0.4, -0.2) is 11.6 Å². The van der Waals surface area contributed by atoms with Crippen molar-refractivity contribution >= 4 is 10.9 Å². The summed E-state index contributed by atoms with van der Waals surface area (Å²) in [4.78, 5) is 4.34. The van der Waals surface area contributed by atoms with E-state index in [1.165, 1.54) is 51.0 Å². The summed E-state index contributed by atoms with van der Waals surface area (Å²) in [6, 6.07) is 22.2. The van der Waals surface area contributed by atoms with Crippen molar-refractivity contribution in [2.75, 3.05) is 6.61 Å². The highest BCUT2D eigenvalue weighted by Crippen LogP contribution is 2.44. The lowest BCUT2D eigenvalue weighted by Crippen LogP contribution is -2.34. The van der Waals surface area contributed by atoms with Crippen LogP contribution in [0.4, 0.5) is 13.2 Å². The average molecular weight is 530 g/mol. The second-order valence-corrected chi connectivity index (χ2v) is 11.3. The van der Waals surface area contributed by atoms with Gasteiger partial charge >= 0.3 is 6.18 Å². The second-order valence-electron chi connectivity index (χ2n) is 11.3. The number of alkyl halides is 3. The zero-order valence-electron chi connectivity index (χ0n) is 22.1. The molecule has 0 spiro atoms. The van der Waals surface area contributed by atoms with Gasteiger partial charge in [-0.2, -0.15) is 13.2 Å². The van der Waals surface area contributed by atoms with Gasteiger partial charge in [-0.3, -0.25) is 4.98 Å². The molecule has 0 radical (unpaired) electrons. The summed E-state index contributed by atoms with van der Waals surface area (Å²) in [5, 5.41) is 0.507. The maximum absolute atomic E-state index is 13.9. The van der Waals surface area contributed by atoms with Crippen LogP contribution in [0.5, 0.6) is 5.75 Å². The van der Waals surface area contributed by atoms with Gasteiger partial charge in [0.25, 0.3) is 0 Å². The molecule has 4 aromatic rings. The van der Waals surface area contributed by atoms with E-state index in [1.807, 2.05) is 54.6 Å². The first-order valence-electron chi connectivity index (χ1n) is 14.2. The molecule has 0 aliphatic heterocycles. The molecule has 2 fully saturated rings. The molecule has 3 atom stereocenters. The smallest absolute Gasteiger partial charge is 0.418 e. The number of hydrogen-bond donors (Lipinski definition) is 0. The molecule has 0 bridgehead atoms. The Labute approximate surface area is 228 Å². The Morgan fingerprint density at radius 3 is 2.46 bits per heavy atom. The van der Waals surface area contributed by atoms with Gasteiger partial charge in [0.15, 0.2) is 0 Å². The Morgan fingerprint density at radius 1 is 0.821 bits per heavy atom. The minimum atomic E-state index is -4.48. The fraction of sp³-hybridized carbons (Fsp3) is 0.382. The molecular weight excluding hydrogens is 495 g/mol. The molecule has 39 heavy (non-hydrogen) atoms. The molecule has 2 nitrogen and oxygen atoms in total. The molecule has 1 aromatic heterocycles. The van der Waals surface area contributed by atoms with Crippen molar-refractivity contribution < 1.29 is 17.9 Å². The van der Waals surface area contributed by atoms with Gasteiger partial charge in [0.1, 0.15) is 5.75 Å². The van der Waals surface area contributed by atoms with Gasteiger partial charge in [-0.25, -0.2) is 0 Å². The Hall–Kier alpha value is -3.34. The van der Waals surface area contributed by atoms with Gasteiger partial charge in [0, 0.05) is 11.6 Å². The molecule has 5 heteroatoms. The molecule has 1 heterocycles. The number of para-hydroxylation sites is 1. The van der Waals surface area contributed by atoms with Crippen LogP contribution in [0.25, 0.3) is 22.0 Å². The van der Waals surface area contributed by atoms with Gasteiger partial charge < -0.3 is 4.74 Å². The number of aromatic nitrogens is 1. The molecular formula is C34H34F3NO.